The standard InChI is InChI=1S/C24H24BrCl2NO2/c1-3-29-23-10-19(14-28-13-17-6-4-16(2)5-7-17)21(25)12-24(23)30-15-18-8-9-20(26)11-22(18)27/h4-12,28H,3,13-15H2,1-2H3. The lowest BCUT2D eigenvalue weighted by atomic mass is 10.1. The molecule has 30 heavy (non-hydrogen) atoms. The number of aryl methyl sites for hydroxylation is 1. The smallest absolute Gasteiger partial charge is 0.162 e. The van der Waals surface area contributed by atoms with E-state index in [9.17, 15) is 0 Å². The lowest BCUT2D eigenvalue weighted by Gasteiger charge is -2.16. The molecular formula is C24H24BrCl2NO2. The first-order valence-corrected chi connectivity index (χ1v) is 11.3. The molecule has 0 unspecified atom stereocenters. The summed E-state index contributed by atoms with van der Waals surface area (Å²) in [5.74, 6) is 1.37. The quantitative estimate of drug-likeness (QED) is 0.328. The molecule has 0 saturated heterocycles. The summed E-state index contributed by atoms with van der Waals surface area (Å²) in [5.41, 5.74) is 4.48. The molecule has 0 heterocycles. The Morgan fingerprint density at radius 3 is 2.30 bits per heavy atom. The molecule has 0 bridgehead atoms. The number of ether oxygens (including phenoxy) is 2. The minimum absolute atomic E-state index is 0.327. The van der Waals surface area contributed by atoms with Crippen molar-refractivity contribution in [1.29, 1.82) is 0 Å². The van der Waals surface area contributed by atoms with Gasteiger partial charge in [-0.2, -0.15) is 0 Å². The Morgan fingerprint density at radius 2 is 1.60 bits per heavy atom. The van der Waals surface area contributed by atoms with Crippen LogP contribution in [0.25, 0.3) is 0 Å². The SMILES string of the molecule is CCOc1cc(CNCc2ccc(C)cc2)c(Br)cc1OCc1ccc(Cl)cc1Cl. The molecule has 6 heteroatoms. The molecule has 3 aromatic rings. The second kappa shape index (κ2) is 11.1. The van der Waals surface area contributed by atoms with Crippen molar-refractivity contribution in [2.75, 3.05) is 6.61 Å². The van der Waals surface area contributed by atoms with Crippen LogP contribution in [0.4, 0.5) is 0 Å². The van der Waals surface area contributed by atoms with Gasteiger partial charge in [0, 0.05) is 33.2 Å². The largest absolute Gasteiger partial charge is 0.490 e. The van der Waals surface area contributed by atoms with Crippen LogP contribution in [0, 0.1) is 6.92 Å². The fraction of sp³-hybridized carbons (Fsp3) is 0.250. The number of hydrogen-bond acceptors (Lipinski definition) is 3. The van der Waals surface area contributed by atoms with E-state index < -0.39 is 0 Å². The van der Waals surface area contributed by atoms with Crippen LogP contribution in [-0.2, 0) is 19.7 Å². The maximum Gasteiger partial charge on any atom is 0.162 e. The normalized spacial score (nSPS) is 10.8. The maximum absolute atomic E-state index is 6.26. The Kier molecular flexibility index (Phi) is 8.46. The summed E-state index contributed by atoms with van der Waals surface area (Å²) in [5, 5.41) is 4.66. The van der Waals surface area contributed by atoms with Gasteiger partial charge in [-0.25, -0.2) is 0 Å². The number of hydrogen-bond donors (Lipinski definition) is 1. The van der Waals surface area contributed by atoms with E-state index in [4.69, 9.17) is 32.7 Å². The van der Waals surface area contributed by atoms with Gasteiger partial charge in [-0.3, -0.25) is 0 Å². The average Bonchev–Trinajstić information content (AvgIpc) is 2.71. The van der Waals surface area contributed by atoms with Gasteiger partial charge >= 0.3 is 0 Å². The highest BCUT2D eigenvalue weighted by atomic mass is 79.9. The molecule has 0 aromatic heterocycles. The van der Waals surface area contributed by atoms with Gasteiger partial charge in [0.1, 0.15) is 6.61 Å². The van der Waals surface area contributed by atoms with Crippen LogP contribution in [0.3, 0.4) is 0 Å². The van der Waals surface area contributed by atoms with Crippen molar-refractivity contribution in [3.63, 3.8) is 0 Å². The first-order valence-electron chi connectivity index (χ1n) is 9.74. The van der Waals surface area contributed by atoms with E-state index in [1.165, 1.54) is 11.1 Å². The van der Waals surface area contributed by atoms with Crippen LogP contribution >= 0.6 is 39.1 Å². The summed E-state index contributed by atoms with van der Waals surface area (Å²) in [6.07, 6.45) is 0. The first-order chi connectivity index (χ1) is 14.5. The monoisotopic (exact) mass is 507 g/mol. The van der Waals surface area contributed by atoms with Gasteiger partial charge in [0.05, 0.1) is 6.61 Å². The van der Waals surface area contributed by atoms with E-state index >= 15 is 0 Å². The minimum atomic E-state index is 0.327. The maximum atomic E-state index is 6.26. The average molecular weight is 509 g/mol. The molecule has 0 radical (unpaired) electrons. The van der Waals surface area contributed by atoms with Gasteiger partial charge in [-0.05, 0) is 49.2 Å². The lowest BCUT2D eigenvalue weighted by Crippen LogP contribution is -2.13. The van der Waals surface area contributed by atoms with Gasteiger partial charge in [-0.15, -0.1) is 0 Å². The predicted octanol–water partition coefficient (Wildman–Crippen LogP) is 7.33. The summed E-state index contributed by atoms with van der Waals surface area (Å²) in [6.45, 7) is 6.43. The number of rotatable bonds is 9. The predicted molar refractivity (Wildman–Crippen MR) is 128 cm³/mol. The molecule has 0 aliphatic rings. The molecule has 0 aliphatic heterocycles. The van der Waals surface area contributed by atoms with Crippen molar-refractivity contribution in [1.82, 2.24) is 5.32 Å². The molecule has 1 N–H and O–H groups in total. The van der Waals surface area contributed by atoms with Gasteiger partial charge < -0.3 is 14.8 Å². The minimum Gasteiger partial charge on any atom is -0.490 e. The van der Waals surface area contributed by atoms with Crippen molar-refractivity contribution in [2.24, 2.45) is 0 Å². The number of halogens is 3. The highest BCUT2D eigenvalue weighted by Gasteiger charge is 2.12. The van der Waals surface area contributed by atoms with Crippen LogP contribution in [0.5, 0.6) is 11.5 Å². The van der Waals surface area contributed by atoms with Crippen LogP contribution < -0.4 is 14.8 Å². The zero-order chi connectivity index (χ0) is 21.5. The lowest BCUT2D eigenvalue weighted by molar-refractivity contribution is 0.269. The summed E-state index contributed by atoms with van der Waals surface area (Å²) in [7, 11) is 0. The molecule has 0 atom stereocenters. The van der Waals surface area contributed by atoms with Gasteiger partial charge in [0.15, 0.2) is 11.5 Å². The van der Waals surface area contributed by atoms with E-state index in [1.54, 1.807) is 12.1 Å². The first kappa shape index (κ1) is 23.0. The third-order valence-corrected chi connectivity index (χ3v) is 5.90. The van der Waals surface area contributed by atoms with Gasteiger partial charge in [-0.1, -0.05) is 75.0 Å². The molecule has 0 saturated carbocycles. The Hall–Kier alpha value is -1.72. The molecular weight excluding hydrogens is 485 g/mol. The fourth-order valence-electron chi connectivity index (χ4n) is 2.94. The third kappa shape index (κ3) is 6.39. The Morgan fingerprint density at radius 1 is 0.867 bits per heavy atom. The summed E-state index contributed by atoms with van der Waals surface area (Å²) in [6, 6.07) is 17.9. The number of nitrogens with one attached hydrogen (secondary N) is 1. The second-order valence-electron chi connectivity index (χ2n) is 6.94. The van der Waals surface area contributed by atoms with Gasteiger partial charge in [0.2, 0.25) is 0 Å². The summed E-state index contributed by atoms with van der Waals surface area (Å²) < 4.78 is 12.8. The molecule has 0 fully saturated rings. The van der Waals surface area contributed by atoms with Crippen molar-refractivity contribution >= 4 is 39.1 Å². The number of benzene rings is 3. The topological polar surface area (TPSA) is 30.5 Å². The molecule has 3 aromatic carbocycles. The highest BCUT2D eigenvalue weighted by Crippen LogP contribution is 2.35. The van der Waals surface area contributed by atoms with E-state index in [0.717, 1.165) is 22.1 Å². The Bertz CT molecular complexity index is 993. The molecule has 0 aliphatic carbocycles. The Balaban J connectivity index is 1.68. The van der Waals surface area contributed by atoms with E-state index in [-0.39, 0.29) is 0 Å². The van der Waals surface area contributed by atoms with Crippen LogP contribution in [0.2, 0.25) is 10.0 Å². The third-order valence-electron chi connectivity index (χ3n) is 4.58. The fourth-order valence-corrected chi connectivity index (χ4v) is 3.86. The molecule has 3 rings (SSSR count). The Labute approximate surface area is 196 Å². The van der Waals surface area contributed by atoms with E-state index in [1.807, 2.05) is 25.1 Å². The zero-order valence-electron chi connectivity index (χ0n) is 17.0. The van der Waals surface area contributed by atoms with E-state index in [0.29, 0.717) is 41.3 Å². The molecule has 0 spiro atoms. The summed E-state index contributed by atoms with van der Waals surface area (Å²) in [4.78, 5) is 0. The van der Waals surface area contributed by atoms with Crippen molar-refractivity contribution in [2.45, 2.75) is 33.5 Å². The van der Waals surface area contributed by atoms with E-state index in [2.05, 4.69) is 52.4 Å². The van der Waals surface area contributed by atoms with Gasteiger partial charge in [0.25, 0.3) is 0 Å². The second-order valence-corrected chi connectivity index (χ2v) is 8.63. The van der Waals surface area contributed by atoms with Crippen LogP contribution in [0.15, 0.2) is 59.1 Å². The molecule has 0 amide bonds. The molecule has 3 nitrogen and oxygen atoms in total. The van der Waals surface area contributed by atoms with Crippen molar-refractivity contribution in [3.05, 3.63) is 91.4 Å². The van der Waals surface area contributed by atoms with Crippen molar-refractivity contribution in [3.8, 4) is 11.5 Å². The molecule has 158 valence electrons. The zero-order valence-corrected chi connectivity index (χ0v) is 20.1. The van der Waals surface area contributed by atoms with Crippen LogP contribution in [-0.4, -0.2) is 6.61 Å². The van der Waals surface area contributed by atoms with Crippen molar-refractivity contribution < 1.29 is 9.47 Å². The van der Waals surface area contributed by atoms with Crippen LogP contribution in [0.1, 0.15) is 29.2 Å². The highest BCUT2D eigenvalue weighted by molar-refractivity contribution is 9.10. The summed E-state index contributed by atoms with van der Waals surface area (Å²) >= 11 is 15.9.